The van der Waals surface area contributed by atoms with Gasteiger partial charge in [-0.25, -0.2) is 9.37 Å². The van der Waals surface area contributed by atoms with Gasteiger partial charge in [-0.15, -0.1) is 0 Å². The van der Waals surface area contributed by atoms with Crippen LogP contribution in [0.1, 0.15) is 54.1 Å². The minimum atomic E-state index is -0.285. The molecule has 1 saturated carbocycles. The fourth-order valence-electron chi connectivity index (χ4n) is 4.50. The number of hydrogen-bond donors (Lipinski definition) is 1. The highest BCUT2D eigenvalue weighted by molar-refractivity contribution is 5.91. The topological polar surface area (TPSA) is 55.3 Å². The Morgan fingerprint density at radius 3 is 2.50 bits per heavy atom. The van der Waals surface area contributed by atoms with Gasteiger partial charge in [0.25, 0.3) is 5.84 Å². The average molecular weight is 349 g/mol. The third-order valence-electron chi connectivity index (χ3n) is 5.79. The first-order valence-electron chi connectivity index (χ1n) is 9.42. The summed E-state index contributed by atoms with van der Waals surface area (Å²) in [5.74, 6) is 0.657. The number of amidine groups is 1. The summed E-state index contributed by atoms with van der Waals surface area (Å²) in [5.41, 5.74) is 11.1. The van der Waals surface area contributed by atoms with E-state index in [0.29, 0.717) is 12.2 Å². The predicted molar refractivity (Wildman–Crippen MR) is 102 cm³/mol. The summed E-state index contributed by atoms with van der Waals surface area (Å²) in [6.45, 7) is 2.96. The van der Waals surface area contributed by atoms with Crippen molar-refractivity contribution >= 4 is 17.5 Å². The molecule has 1 heterocycles. The molecule has 0 bridgehead atoms. The molecule has 0 radical (unpaired) electrons. The minimum absolute atomic E-state index is 0.0470. The van der Waals surface area contributed by atoms with Crippen molar-refractivity contribution in [3.63, 3.8) is 0 Å². The Labute approximate surface area is 154 Å². The normalized spacial score (nSPS) is 18.0. The summed E-state index contributed by atoms with van der Waals surface area (Å²) in [5, 5.41) is 0. The molecular formula is C22H25N2O2+. The fourth-order valence-corrected chi connectivity index (χ4v) is 4.50. The zero-order chi connectivity index (χ0) is 18.1. The lowest BCUT2D eigenvalue weighted by atomic mass is 9.73. The summed E-state index contributed by atoms with van der Waals surface area (Å²) < 4.78 is 7.29. The molecule has 0 amide bonds. The number of nitrogens with two attached hydrogens (primary N) is 1. The van der Waals surface area contributed by atoms with Crippen molar-refractivity contribution in [3.8, 4) is 0 Å². The lowest BCUT2D eigenvalue weighted by molar-refractivity contribution is -0.465. The molecule has 0 unspecified atom stereocenters. The van der Waals surface area contributed by atoms with E-state index in [-0.39, 0.29) is 11.4 Å². The van der Waals surface area contributed by atoms with Crippen LogP contribution in [0.4, 0.5) is 5.69 Å². The standard InChI is InChI=1S/C22H24N2O2/c1-2-26-20(25)16-9-11-18(12-10-16)24-15-17-7-3-4-8-19(17)22(21(24)23)13-5-6-14-22/h3-4,7-12,23H,2,5-6,13-15H2,1H3/p+1. The van der Waals surface area contributed by atoms with E-state index in [4.69, 9.17) is 10.5 Å². The molecule has 1 aliphatic heterocycles. The summed E-state index contributed by atoms with van der Waals surface area (Å²) in [7, 11) is 0. The van der Waals surface area contributed by atoms with Crippen LogP contribution in [-0.2, 0) is 16.7 Å². The molecule has 26 heavy (non-hydrogen) atoms. The summed E-state index contributed by atoms with van der Waals surface area (Å²) in [6, 6.07) is 16.3. The van der Waals surface area contributed by atoms with Crippen LogP contribution in [0.2, 0.25) is 0 Å². The van der Waals surface area contributed by atoms with Crippen LogP contribution in [0, 0.1) is 0 Å². The van der Waals surface area contributed by atoms with E-state index in [1.54, 1.807) is 0 Å². The van der Waals surface area contributed by atoms with E-state index in [1.165, 1.54) is 24.0 Å². The second kappa shape index (κ2) is 6.60. The van der Waals surface area contributed by atoms with E-state index in [2.05, 4.69) is 28.8 Å². The van der Waals surface area contributed by atoms with Gasteiger partial charge in [0.05, 0.1) is 17.6 Å². The quantitative estimate of drug-likeness (QED) is 0.676. The van der Waals surface area contributed by atoms with Gasteiger partial charge in [0.15, 0.2) is 0 Å². The lowest BCUT2D eigenvalue weighted by Crippen LogP contribution is -2.48. The van der Waals surface area contributed by atoms with Crippen LogP contribution in [-0.4, -0.2) is 23.0 Å². The van der Waals surface area contributed by atoms with Gasteiger partial charge in [-0.3, -0.25) is 5.73 Å². The van der Waals surface area contributed by atoms with Gasteiger partial charge < -0.3 is 4.74 Å². The number of carbonyl (C=O) groups is 1. The average Bonchev–Trinajstić information content (AvgIpc) is 3.16. The van der Waals surface area contributed by atoms with Gasteiger partial charge in [-0.1, -0.05) is 37.1 Å². The molecule has 134 valence electrons. The van der Waals surface area contributed by atoms with Crippen molar-refractivity contribution < 1.29 is 14.1 Å². The van der Waals surface area contributed by atoms with Crippen molar-refractivity contribution in [2.24, 2.45) is 5.73 Å². The third kappa shape index (κ3) is 2.61. The number of ether oxygens (including phenoxy) is 1. The maximum atomic E-state index is 11.9. The molecule has 0 saturated heterocycles. The maximum Gasteiger partial charge on any atom is 0.338 e. The number of esters is 1. The van der Waals surface area contributed by atoms with E-state index in [0.717, 1.165) is 30.9 Å². The Bertz CT molecular complexity index is 862. The second-order valence-electron chi connectivity index (χ2n) is 7.19. The number of nitrogens with zero attached hydrogens (tertiary/aromatic N) is 1. The smallest absolute Gasteiger partial charge is 0.338 e. The highest BCUT2D eigenvalue weighted by Crippen LogP contribution is 2.45. The van der Waals surface area contributed by atoms with Crippen molar-refractivity contribution in [3.05, 3.63) is 65.2 Å². The zero-order valence-electron chi connectivity index (χ0n) is 15.2. The number of carbonyl (C=O) groups excluding carboxylic acids is 1. The third-order valence-corrected chi connectivity index (χ3v) is 5.79. The number of hydrogen-bond acceptors (Lipinski definition) is 3. The van der Waals surface area contributed by atoms with Crippen molar-refractivity contribution in [2.75, 3.05) is 6.61 Å². The maximum absolute atomic E-state index is 11.9. The molecule has 4 rings (SSSR count). The van der Waals surface area contributed by atoms with Crippen molar-refractivity contribution in [1.82, 2.24) is 0 Å². The summed E-state index contributed by atoms with van der Waals surface area (Å²) >= 11 is 0. The molecule has 1 spiro atoms. The molecule has 4 nitrogen and oxygen atoms in total. The van der Waals surface area contributed by atoms with Crippen LogP contribution >= 0.6 is 0 Å². The second-order valence-corrected chi connectivity index (χ2v) is 7.19. The minimum Gasteiger partial charge on any atom is -0.462 e. The SMILES string of the molecule is CCOC(=O)c1ccc([N+]2=C(N)C3(CCCC3)c3ccccc3C2)cc1. The highest BCUT2D eigenvalue weighted by Gasteiger charge is 2.48. The van der Waals surface area contributed by atoms with Crippen LogP contribution in [0.15, 0.2) is 48.5 Å². The summed E-state index contributed by atoms with van der Waals surface area (Å²) in [4.78, 5) is 11.9. The Hall–Kier alpha value is -2.62. The first-order valence-corrected chi connectivity index (χ1v) is 9.42. The molecule has 2 aromatic carbocycles. The van der Waals surface area contributed by atoms with Crippen LogP contribution < -0.4 is 5.73 Å². The number of benzene rings is 2. The molecule has 1 fully saturated rings. The van der Waals surface area contributed by atoms with E-state index in [9.17, 15) is 4.79 Å². The molecule has 4 heteroatoms. The van der Waals surface area contributed by atoms with E-state index >= 15 is 0 Å². The van der Waals surface area contributed by atoms with E-state index < -0.39 is 0 Å². The fraction of sp³-hybridized carbons (Fsp3) is 0.364. The molecule has 0 atom stereocenters. The van der Waals surface area contributed by atoms with Crippen LogP contribution in [0.3, 0.4) is 0 Å². The van der Waals surface area contributed by atoms with E-state index in [1.807, 2.05) is 31.2 Å². The van der Waals surface area contributed by atoms with Gasteiger partial charge in [-0.05, 0) is 55.2 Å². The molecular weight excluding hydrogens is 324 g/mol. The highest BCUT2D eigenvalue weighted by atomic mass is 16.5. The van der Waals surface area contributed by atoms with Gasteiger partial charge in [0, 0.05) is 0 Å². The lowest BCUT2D eigenvalue weighted by Gasteiger charge is -2.33. The van der Waals surface area contributed by atoms with Gasteiger partial charge in [-0.2, -0.15) is 0 Å². The zero-order valence-corrected chi connectivity index (χ0v) is 15.2. The first kappa shape index (κ1) is 16.8. The molecule has 2 N–H and O–H groups in total. The summed E-state index contributed by atoms with van der Waals surface area (Å²) in [6.07, 6.45) is 4.63. The number of rotatable bonds is 3. The van der Waals surface area contributed by atoms with Crippen molar-refractivity contribution in [2.45, 2.75) is 44.6 Å². The molecule has 2 aromatic rings. The van der Waals surface area contributed by atoms with Gasteiger partial charge >= 0.3 is 5.97 Å². The molecule has 2 aliphatic rings. The van der Waals surface area contributed by atoms with Gasteiger partial charge in [0.1, 0.15) is 12.2 Å². The Morgan fingerprint density at radius 1 is 1.12 bits per heavy atom. The Balaban J connectivity index is 1.76. The Morgan fingerprint density at radius 2 is 1.81 bits per heavy atom. The largest absolute Gasteiger partial charge is 0.462 e. The predicted octanol–water partition coefficient (Wildman–Crippen LogP) is 3.89. The number of fused-ring (bicyclic) bond motifs is 2. The Kier molecular flexibility index (Phi) is 4.27. The molecule has 1 aliphatic carbocycles. The van der Waals surface area contributed by atoms with Gasteiger partial charge in [0.2, 0.25) is 0 Å². The van der Waals surface area contributed by atoms with Crippen LogP contribution in [0.5, 0.6) is 0 Å². The monoisotopic (exact) mass is 349 g/mol. The van der Waals surface area contributed by atoms with Crippen LogP contribution in [0.25, 0.3) is 0 Å². The first-order chi connectivity index (χ1) is 12.7. The van der Waals surface area contributed by atoms with Crippen molar-refractivity contribution in [1.29, 1.82) is 0 Å². The molecule has 0 aromatic heterocycles.